The molecule has 96 valence electrons. The van der Waals surface area contributed by atoms with Crippen molar-refractivity contribution in [3.05, 3.63) is 29.2 Å². The normalized spacial score (nSPS) is 13.6. The van der Waals surface area contributed by atoms with E-state index in [1.165, 1.54) is 0 Å². The lowest BCUT2D eigenvalue weighted by molar-refractivity contribution is 0.560. The van der Waals surface area contributed by atoms with E-state index in [0.717, 1.165) is 21.3 Å². The van der Waals surface area contributed by atoms with Gasteiger partial charge in [-0.05, 0) is 6.92 Å². The maximum atomic E-state index is 6.04. The summed E-state index contributed by atoms with van der Waals surface area (Å²) in [6.45, 7) is 8.43. The highest BCUT2D eigenvalue weighted by molar-refractivity contribution is 7.15. The molecule has 0 bridgehead atoms. The van der Waals surface area contributed by atoms with Crippen LogP contribution < -0.4 is 5.73 Å². The molecule has 0 aliphatic rings. The van der Waals surface area contributed by atoms with Crippen LogP contribution in [0.1, 0.15) is 44.3 Å². The Bertz CT molecular complexity index is 526. The SMILES string of the molecule is CC(N)c1sc(-c2cnccn2)nc1C(C)(C)C. The van der Waals surface area contributed by atoms with Gasteiger partial charge in [-0.15, -0.1) is 11.3 Å². The Hall–Kier alpha value is -1.33. The Labute approximate surface area is 111 Å². The minimum atomic E-state index is -0.0140. The molecule has 0 aliphatic carbocycles. The van der Waals surface area contributed by atoms with Crippen molar-refractivity contribution in [1.29, 1.82) is 0 Å². The lowest BCUT2D eigenvalue weighted by Gasteiger charge is -2.18. The molecule has 4 nitrogen and oxygen atoms in total. The zero-order chi connectivity index (χ0) is 13.3. The van der Waals surface area contributed by atoms with Gasteiger partial charge in [0.2, 0.25) is 0 Å². The van der Waals surface area contributed by atoms with Crippen molar-refractivity contribution in [3.8, 4) is 10.7 Å². The van der Waals surface area contributed by atoms with Crippen LogP contribution in [0.4, 0.5) is 0 Å². The second kappa shape index (κ2) is 4.74. The summed E-state index contributed by atoms with van der Waals surface area (Å²) in [6, 6.07) is -0.0119. The van der Waals surface area contributed by atoms with E-state index in [0.29, 0.717) is 0 Å². The predicted molar refractivity (Wildman–Crippen MR) is 74.4 cm³/mol. The average Bonchev–Trinajstić information content (AvgIpc) is 2.74. The summed E-state index contributed by atoms with van der Waals surface area (Å²) in [5.41, 5.74) is 7.89. The molecule has 2 N–H and O–H groups in total. The molecule has 0 aliphatic heterocycles. The fraction of sp³-hybridized carbons (Fsp3) is 0.462. The molecule has 18 heavy (non-hydrogen) atoms. The first-order chi connectivity index (χ1) is 8.39. The molecule has 0 aromatic carbocycles. The van der Waals surface area contributed by atoms with Crippen LogP contribution in [0, 0.1) is 0 Å². The van der Waals surface area contributed by atoms with Crippen LogP contribution in [0.25, 0.3) is 10.7 Å². The molecule has 0 radical (unpaired) electrons. The van der Waals surface area contributed by atoms with Gasteiger partial charge < -0.3 is 5.73 Å². The Morgan fingerprint density at radius 2 is 2.00 bits per heavy atom. The number of hydrogen-bond acceptors (Lipinski definition) is 5. The topological polar surface area (TPSA) is 64.7 Å². The third kappa shape index (κ3) is 2.57. The van der Waals surface area contributed by atoms with Gasteiger partial charge >= 0.3 is 0 Å². The fourth-order valence-corrected chi connectivity index (χ4v) is 2.89. The van der Waals surface area contributed by atoms with E-state index in [2.05, 4.69) is 30.7 Å². The van der Waals surface area contributed by atoms with Crippen LogP contribution in [-0.2, 0) is 5.41 Å². The highest BCUT2D eigenvalue weighted by atomic mass is 32.1. The van der Waals surface area contributed by atoms with Gasteiger partial charge in [0.15, 0.2) is 0 Å². The molecule has 0 fully saturated rings. The van der Waals surface area contributed by atoms with Crippen molar-refractivity contribution in [2.45, 2.75) is 39.2 Å². The van der Waals surface area contributed by atoms with Crippen molar-refractivity contribution in [1.82, 2.24) is 15.0 Å². The predicted octanol–water partition coefficient (Wildman–Crippen LogP) is 2.92. The summed E-state index contributed by atoms with van der Waals surface area (Å²) in [5.74, 6) is 0. The first-order valence-electron chi connectivity index (χ1n) is 5.93. The monoisotopic (exact) mass is 262 g/mol. The summed E-state index contributed by atoms with van der Waals surface area (Å²) in [5, 5.41) is 0.889. The van der Waals surface area contributed by atoms with Crippen molar-refractivity contribution in [2.24, 2.45) is 5.73 Å². The first-order valence-corrected chi connectivity index (χ1v) is 6.74. The zero-order valence-corrected chi connectivity index (χ0v) is 12.0. The van der Waals surface area contributed by atoms with Crippen molar-refractivity contribution >= 4 is 11.3 Å². The largest absolute Gasteiger partial charge is 0.323 e. The fourth-order valence-electron chi connectivity index (χ4n) is 1.70. The molecule has 2 heterocycles. The van der Waals surface area contributed by atoms with E-state index in [4.69, 9.17) is 10.7 Å². The smallest absolute Gasteiger partial charge is 0.144 e. The van der Waals surface area contributed by atoms with Crippen molar-refractivity contribution < 1.29 is 0 Å². The highest BCUT2D eigenvalue weighted by Crippen LogP contribution is 2.36. The number of nitrogens with zero attached hydrogens (tertiary/aromatic N) is 3. The minimum Gasteiger partial charge on any atom is -0.323 e. The lowest BCUT2D eigenvalue weighted by Crippen LogP contribution is -2.17. The summed E-state index contributed by atoms with van der Waals surface area (Å²) in [4.78, 5) is 14.2. The van der Waals surface area contributed by atoms with Crippen LogP contribution >= 0.6 is 11.3 Å². The van der Waals surface area contributed by atoms with Gasteiger partial charge in [0.05, 0.1) is 11.9 Å². The Kier molecular flexibility index (Phi) is 3.45. The van der Waals surface area contributed by atoms with E-state index < -0.39 is 0 Å². The number of aromatic nitrogens is 3. The number of nitrogens with two attached hydrogens (primary N) is 1. The number of hydrogen-bond donors (Lipinski definition) is 1. The maximum Gasteiger partial charge on any atom is 0.144 e. The molecule has 0 amide bonds. The standard InChI is InChI=1S/C13H18N4S/c1-8(14)10-11(13(2,3)4)17-12(18-10)9-7-15-5-6-16-9/h5-8H,14H2,1-4H3. The number of thiazole rings is 1. The molecular formula is C13H18N4S. The maximum absolute atomic E-state index is 6.04. The second-order valence-electron chi connectivity index (χ2n) is 5.36. The van der Waals surface area contributed by atoms with Crippen molar-refractivity contribution in [2.75, 3.05) is 0 Å². The highest BCUT2D eigenvalue weighted by Gasteiger charge is 2.25. The van der Waals surface area contributed by atoms with Crippen LogP contribution in [0.3, 0.4) is 0 Å². The van der Waals surface area contributed by atoms with Gasteiger partial charge in [-0.25, -0.2) is 4.98 Å². The molecule has 0 saturated heterocycles. The minimum absolute atomic E-state index is 0.0119. The third-order valence-electron chi connectivity index (χ3n) is 2.56. The van der Waals surface area contributed by atoms with Gasteiger partial charge in [0.1, 0.15) is 10.7 Å². The summed E-state index contributed by atoms with van der Waals surface area (Å²) in [6.07, 6.45) is 5.07. The van der Waals surface area contributed by atoms with Crippen LogP contribution in [0.5, 0.6) is 0 Å². The Morgan fingerprint density at radius 1 is 1.28 bits per heavy atom. The molecule has 2 aromatic rings. The van der Waals surface area contributed by atoms with E-state index in [9.17, 15) is 0 Å². The molecule has 0 saturated carbocycles. The average molecular weight is 262 g/mol. The molecule has 5 heteroatoms. The number of rotatable bonds is 2. The quantitative estimate of drug-likeness (QED) is 0.903. The third-order valence-corrected chi connectivity index (χ3v) is 3.84. The van der Waals surface area contributed by atoms with Gasteiger partial charge in [0, 0.05) is 28.7 Å². The van der Waals surface area contributed by atoms with Gasteiger partial charge in [-0.1, -0.05) is 20.8 Å². The summed E-state index contributed by atoms with van der Waals surface area (Å²) >= 11 is 1.61. The van der Waals surface area contributed by atoms with Crippen LogP contribution in [0.2, 0.25) is 0 Å². The molecule has 2 aromatic heterocycles. The van der Waals surface area contributed by atoms with Gasteiger partial charge in [-0.2, -0.15) is 0 Å². The van der Waals surface area contributed by atoms with Crippen molar-refractivity contribution in [3.63, 3.8) is 0 Å². The van der Waals surface area contributed by atoms with E-state index in [1.807, 2.05) is 6.92 Å². The summed E-state index contributed by atoms with van der Waals surface area (Å²) in [7, 11) is 0. The first kappa shape index (κ1) is 13.1. The van der Waals surface area contributed by atoms with E-state index in [-0.39, 0.29) is 11.5 Å². The molecular weight excluding hydrogens is 244 g/mol. The Morgan fingerprint density at radius 3 is 2.44 bits per heavy atom. The van der Waals surface area contributed by atoms with E-state index >= 15 is 0 Å². The second-order valence-corrected chi connectivity index (χ2v) is 6.39. The molecule has 1 unspecified atom stereocenters. The van der Waals surface area contributed by atoms with Crippen LogP contribution in [-0.4, -0.2) is 15.0 Å². The zero-order valence-electron chi connectivity index (χ0n) is 11.1. The lowest BCUT2D eigenvalue weighted by atomic mass is 9.90. The molecule has 0 spiro atoms. The Balaban J connectivity index is 2.53. The molecule has 1 atom stereocenters. The van der Waals surface area contributed by atoms with E-state index in [1.54, 1.807) is 29.9 Å². The van der Waals surface area contributed by atoms with Crippen LogP contribution in [0.15, 0.2) is 18.6 Å². The van der Waals surface area contributed by atoms with Gasteiger partial charge in [0.25, 0.3) is 0 Å². The van der Waals surface area contributed by atoms with Gasteiger partial charge in [-0.3, -0.25) is 9.97 Å². The molecule has 2 rings (SSSR count). The summed E-state index contributed by atoms with van der Waals surface area (Å²) < 4.78 is 0.